The summed E-state index contributed by atoms with van der Waals surface area (Å²) in [5.41, 5.74) is 1.48. The van der Waals surface area contributed by atoms with Gasteiger partial charge in [-0.15, -0.1) is 10.2 Å². The molecular weight excluding hydrogens is 339 g/mol. The number of tetrazole rings is 1. The summed E-state index contributed by atoms with van der Waals surface area (Å²) in [5.74, 6) is -0.702. The Morgan fingerprint density at radius 3 is 2.50 bits per heavy atom. The Morgan fingerprint density at radius 1 is 1.04 bits per heavy atom. The van der Waals surface area contributed by atoms with Gasteiger partial charge in [-0.05, 0) is 35.0 Å². The Hall–Kier alpha value is -3.62. The number of rotatable bonds is 5. The molecule has 3 amide bonds. The molecule has 2 aromatic carbocycles. The Labute approximate surface area is 148 Å². The molecule has 0 aliphatic carbocycles. The van der Waals surface area contributed by atoms with E-state index in [1.807, 2.05) is 30.3 Å². The third-order valence-electron chi connectivity index (χ3n) is 3.39. The Kier molecular flexibility index (Phi) is 5.28. The van der Waals surface area contributed by atoms with Crippen LogP contribution in [0.25, 0.3) is 11.4 Å². The lowest BCUT2D eigenvalue weighted by molar-refractivity contribution is -0.121. The monoisotopic (exact) mass is 354 g/mol. The van der Waals surface area contributed by atoms with E-state index in [2.05, 4.69) is 26.0 Å². The van der Waals surface area contributed by atoms with Crippen molar-refractivity contribution in [2.45, 2.75) is 13.1 Å². The van der Waals surface area contributed by atoms with Gasteiger partial charge in [-0.3, -0.25) is 10.1 Å². The molecule has 0 aliphatic rings. The fourth-order valence-electron chi connectivity index (χ4n) is 2.14. The van der Waals surface area contributed by atoms with Crippen LogP contribution in [-0.2, 0) is 17.9 Å². The molecule has 3 rings (SSSR count). The molecule has 8 nitrogen and oxygen atoms in total. The highest BCUT2D eigenvalue weighted by atomic mass is 19.1. The number of hydrogen-bond donors (Lipinski definition) is 2. The lowest BCUT2D eigenvalue weighted by Gasteiger charge is -2.06. The molecule has 9 heteroatoms. The maximum atomic E-state index is 12.9. The van der Waals surface area contributed by atoms with Gasteiger partial charge in [0.25, 0.3) is 5.91 Å². The van der Waals surface area contributed by atoms with Gasteiger partial charge in [-0.2, -0.15) is 4.80 Å². The van der Waals surface area contributed by atoms with Crippen molar-refractivity contribution in [2.24, 2.45) is 0 Å². The third-order valence-corrected chi connectivity index (χ3v) is 3.39. The molecule has 0 bridgehead atoms. The van der Waals surface area contributed by atoms with E-state index in [1.165, 1.54) is 24.3 Å². The van der Waals surface area contributed by atoms with Crippen LogP contribution in [0.4, 0.5) is 9.18 Å². The van der Waals surface area contributed by atoms with Crippen LogP contribution in [0.1, 0.15) is 5.56 Å². The second-order valence-corrected chi connectivity index (χ2v) is 5.37. The molecule has 0 saturated heterocycles. The average Bonchev–Trinajstić information content (AvgIpc) is 3.09. The fraction of sp³-hybridized carbons (Fsp3) is 0.118. The summed E-state index contributed by atoms with van der Waals surface area (Å²) in [4.78, 5) is 24.7. The van der Waals surface area contributed by atoms with E-state index in [4.69, 9.17) is 0 Å². The Bertz CT molecular complexity index is 895. The first-order valence-electron chi connectivity index (χ1n) is 7.75. The number of hydrogen-bond acceptors (Lipinski definition) is 5. The zero-order chi connectivity index (χ0) is 18.4. The summed E-state index contributed by atoms with van der Waals surface area (Å²) >= 11 is 0. The molecule has 0 atom stereocenters. The van der Waals surface area contributed by atoms with Gasteiger partial charge in [0.05, 0.1) is 0 Å². The number of amides is 3. The first-order chi connectivity index (χ1) is 12.6. The van der Waals surface area contributed by atoms with E-state index < -0.39 is 11.9 Å². The van der Waals surface area contributed by atoms with Crippen LogP contribution < -0.4 is 10.6 Å². The first kappa shape index (κ1) is 17.2. The van der Waals surface area contributed by atoms with Crippen LogP contribution in [0, 0.1) is 5.82 Å². The molecule has 2 N–H and O–H groups in total. The average molecular weight is 354 g/mol. The highest BCUT2D eigenvalue weighted by Crippen LogP contribution is 2.13. The van der Waals surface area contributed by atoms with Gasteiger partial charge in [0.2, 0.25) is 5.82 Å². The molecule has 1 aromatic heterocycles. The molecular formula is C17H15FN6O2. The van der Waals surface area contributed by atoms with Crippen LogP contribution in [-0.4, -0.2) is 32.1 Å². The lowest BCUT2D eigenvalue weighted by Crippen LogP contribution is -2.40. The van der Waals surface area contributed by atoms with Crippen molar-refractivity contribution >= 4 is 11.9 Å². The number of carbonyl (C=O) groups is 2. The number of carbonyl (C=O) groups excluding carboxylic acids is 2. The molecule has 132 valence electrons. The minimum Gasteiger partial charge on any atom is -0.334 e. The van der Waals surface area contributed by atoms with Gasteiger partial charge in [-0.1, -0.05) is 30.3 Å². The number of urea groups is 1. The first-order valence-corrected chi connectivity index (χ1v) is 7.75. The Morgan fingerprint density at radius 2 is 1.77 bits per heavy atom. The summed E-state index contributed by atoms with van der Waals surface area (Å²) in [6.45, 7) is 0.0309. The maximum Gasteiger partial charge on any atom is 0.321 e. The van der Waals surface area contributed by atoms with Gasteiger partial charge in [0, 0.05) is 12.1 Å². The zero-order valence-corrected chi connectivity index (χ0v) is 13.6. The van der Waals surface area contributed by atoms with E-state index in [1.54, 1.807) is 0 Å². The normalized spacial score (nSPS) is 10.3. The molecule has 0 unspecified atom stereocenters. The molecule has 0 saturated carbocycles. The van der Waals surface area contributed by atoms with Gasteiger partial charge in [0.1, 0.15) is 12.4 Å². The largest absolute Gasteiger partial charge is 0.334 e. The summed E-state index contributed by atoms with van der Waals surface area (Å²) in [5, 5.41) is 16.3. The standard InChI is InChI=1S/C17H15FN6O2/c18-14-8-6-13(7-9-14)16-21-23-24(22-16)11-15(25)20-17(26)19-10-12-4-2-1-3-5-12/h1-9H,10-11H2,(H2,19,20,25,26). The SMILES string of the molecule is O=C(Cn1nnc(-c2ccc(F)cc2)n1)NC(=O)NCc1ccccc1. The van der Waals surface area contributed by atoms with Crippen LogP contribution in [0.15, 0.2) is 54.6 Å². The van der Waals surface area contributed by atoms with Crippen molar-refractivity contribution in [1.82, 2.24) is 30.8 Å². The molecule has 0 spiro atoms. The summed E-state index contributed by atoms with van der Waals surface area (Å²) in [6, 6.07) is 14.3. The van der Waals surface area contributed by atoms with Gasteiger partial charge in [0.15, 0.2) is 0 Å². The molecule has 1 heterocycles. The number of halogens is 1. The van der Waals surface area contributed by atoms with Crippen molar-refractivity contribution in [3.63, 3.8) is 0 Å². The number of aromatic nitrogens is 4. The second-order valence-electron chi connectivity index (χ2n) is 5.37. The minimum absolute atomic E-state index is 0.256. The molecule has 0 aliphatic heterocycles. The lowest BCUT2D eigenvalue weighted by atomic mass is 10.2. The number of nitrogens with one attached hydrogen (secondary N) is 2. The Balaban J connectivity index is 1.50. The summed E-state index contributed by atoms with van der Waals surface area (Å²) < 4.78 is 12.9. The molecule has 3 aromatic rings. The minimum atomic E-state index is -0.613. The predicted octanol–water partition coefficient (Wildman–Crippen LogP) is 1.51. The smallest absolute Gasteiger partial charge is 0.321 e. The third kappa shape index (κ3) is 4.69. The van der Waals surface area contributed by atoms with E-state index in [0.717, 1.165) is 10.4 Å². The maximum absolute atomic E-state index is 12.9. The number of nitrogens with zero attached hydrogens (tertiary/aromatic N) is 4. The highest BCUT2D eigenvalue weighted by molar-refractivity contribution is 5.94. The number of benzene rings is 2. The zero-order valence-electron chi connectivity index (χ0n) is 13.6. The van der Waals surface area contributed by atoms with E-state index >= 15 is 0 Å². The quantitative estimate of drug-likeness (QED) is 0.723. The van der Waals surface area contributed by atoms with E-state index in [-0.39, 0.29) is 18.2 Å². The van der Waals surface area contributed by atoms with Crippen molar-refractivity contribution in [2.75, 3.05) is 0 Å². The van der Waals surface area contributed by atoms with Crippen molar-refractivity contribution in [3.05, 3.63) is 66.0 Å². The van der Waals surface area contributed by atoms with E-state index in [9.17, 15) is 14.0 Å². The summed E-state index contributed by atoms with van der Waals surface area (Å²) in [6.07, 6.45) is 0. The summed E-state index contributed by atoms with van der Waals surface area (Å²) in [7, 11) is 0. The van der Waals surface area contributed by atoms with Crippen LogP contribution in [0.3, 0.4) is 0 Å². The topological polar surface area (TPSA) is 102 Å². The fourth-order valence-corrected chi connectivity index (χ4v) is 2.14. The number of imide groups is 1. The predicted molar refractivity (Wildman–Crippen MR) is 90.0 cm³/mol. The molecule has 26 heavy (non-hydrogen) atoms. The van der Waals surface area contributed by atoms with Crippen LogP contribution in [0.2, 0.25) is 0 Å². The van der Waals surface area contributed by atoms with Gasteiger partial charge in [-0.25, -0.2) is 9.18 Å². The van der Waals surface area contributed by atoms with Crippen molar-refractivity contribution in [1.29, 1.82) is 0 Å². The molecule has 0 radical (unpaired) electrons. The van der Waals surface area contributed by atoms with Crippen molar-refractivity contribution < 1.29 is 14.0 Å². The highest BCUT2D eigenvalue weighted by Gasteiger charge is 2.12. The van der Waals surface area contributed by atoms with Gasteiger partial charge >= 0.3 is 6.03 Å². The molecule has 0 fully saturated rings. The van der Waals surface area contributed by atoms with Crippen LogP contribution in [0.5, 0.6) is 0 Å². The second kappa shape index (κ2) is 7.97. The van der Waals surface area contributed by atoms with Gasteiger partial charge < -0.3 is 5.32 Å². The van der Waals surface area contributed by atoms with Crippen LogP contribution >= 0.6 is 0 Å². The van der Waals surface area contributed by atoms with E-state index in [0.29, 0.717) is 12.1 Å². The van der Waals surface area contributed by atoms with Crippen molar-refractivity contribution in [3.8, 4) is 11.4 Å².